The molecule has 2 fully saturated rings. The Balaban J connectivity index is 1.41. The molecule has 1 aromatic heterocycles. The second-order valence-corrected chi connectivity index (χ2v) is 9.72. The van der Waals surface area contributed by atoms with Crippen LogP contribution >= 0.6 is 15.9 Å². The van der Waals surface area contributed by atoms with Crippen LogP contribution in [0, 0.1) is 0 Å². The predicted octanol–water partition coefficient (Wildman–Crippen LogP) is 3.37. The molecule has 2 heterocycles. The maximum absolute atomic E-state index is 12.3. The van der Waals surface area contributed by atoms with Gasteiger partial charge in [-0.25, -0.2) is 17.7 Å². The Bertz CT molecular complexity index is 859. The fourth-order valence-electron chi connectivity index (χ4n) is 3.22. The summed E-state index contributed by atoms with van der Waals surface area (Å²) >= 11 is 3.47. The van der Waals surface area contributed by atoms with Gasteiger partial charge in [0.25, 0.3) is 0 Å². The van der Waals surface area contributed by atoms with E-state index in [2.05, 4.69) is 32.3 Å². The van der Waals surface area contributed by atoms with Crippen LogP contribution in [-0.2, 0) is 10.0 Å². The molecule has 0 spiro atoms. The highest BCUT2D eigenvalue weighted by atomic mass is 79.9. The van der Waals surface area contributed by atoms with Crippen LogP contribution in [0.5, 0.6) is 0 Å². The smallest absolute Gasteiger partial charge is 0.216 e. The lowest BCUT2D eigenvalue weighted by atomic mass is 10.1. The molecule has 2 aliphatic rings. The van der Waals surface area contributed by atoms with Crippen molar-refractivity contribution < 1.29 is 8.42 Å². The molecule has 128 valence electrons. The molecule has 5 nitrogen and oxygen atoms in total. The number of piperidine rings is 1. The molecule has 2 aromatic rings. The maximum atomic E-state index is 12.3. The monoisotopic (exact) mass is 409 g/mol. The number of pyridine rings is 1. The highest BCUT2D eigenvalue weighted by molar-refractivity contribution is 9.10. The van der Waals surface area contributed by atoms with Crippen LogP contribution in [0.4, 0.5) is 5.82 Å². The molecule has 1 saturated heterocycles. The van der Waals surface area contributed by atoms with E-state index >= 15 is 0 Å². The zero-order valence-electron chi connectivity index (χ0n) is 13.3. The summed E-state index contributed by atoms with van der Waals surface area (Å²) in [5.74, 6) is 0.855. The van der Waals surface area contributed by atoms with Gasteiger partial charge in [0.2, 0.25) is 10.0 Å². The molecule has 7 heteroatoms. The van der Waals surface area contributed by atoms with Gasteiger partial charge in [-0.3, -0.25) is 0 Å². The number of nitrogens with one attached hydrogen (secondary N) is 1. The topological polar surface area (TPSA) is 62.3 Å². The van der Waals surface area contributed by atoms with Crippen molar-refractivity contribution in [3.05, 3.63) is 34.8 Å². The van der Waals surface area contributed by atoms with Gasteiger partial charge in [-0.05, 0) is 56.0 Å². The highest BCUT2D eigenvalue weighted by Crippen LogP contribution is 2.32. The first-order chi connectivity index (χ1) is 11.5. The number of nitrogens with zero attached hydrogens (tertiary/aromatic N) is 2. The summed E-state index contributed by atoms with van der Waals surface area (Å²) in [5, 5.41) is 4.45. The van der Waals surface area contributed by atoms with Gasteiger partial charge in [0.1, 0.15) is 5.82 Å². The van der Waals surface area contributed by atoms with Crippen molar-refractivity contribution >= 4 is 42.7 Å². The highest BCUT2D eigenvalue weighted by Gasteiger charge is 2.41. The van der Waals surface area contributed by atoms with Crippen molar-refractivity contribution in [1.29, 1.82) is 0 Å². The third-order valence-electron chi connectivity index (χ3n) is 4.76. The molecule has 0 amide bonds. The summed E-state index contributed by atoms with van der Waals surface area (Å²) in [7, 11) is -3.03. The molecule has 1 aliphatic heterocycles. The molecule has 24 heavy (non-hydrogen) atoms. The first kappa shape index (κ1) is 16.3. The number of halogens is 1. The van der Waals surface area contributed by atoms with E-state index < -0.39 is 10.0 Å². The minimum absolute atomic E-state index is 0.108. The molecule has 1 aliphatic carbocycles. The average Bonchev–Trinajstić information content (AvgIpc) is 3.41. The number of anilines is 1. The van der Waals surface area contributed by atoms with Crippen molar-refractivity contribution in [3.8, 4) is 0 Å². The van der Waals surface area contributed by atoms with E-state index in [0.717, 1.165) is 46.9 Å². The Hall–Kier alpha value is -1.18. The van der Waals surface area contributed by atoms with Crippen molar-refractivity contribution in [1.82, 2.24) is 9.29 Å². The summed E-state index contributed by atoms with van der Waals surface area (Å²) < 4.78 is 27.3. The van der Waals surface area contributed by atoms with E-state index in [0.29, 0.717) is 13.1 Å². The zero-order chi connectivity index (χ0) is 16.7. The predicted molar refractivity (Wildman–Crippen MR) is 99.6 cm³/mol. The number of hydrogen-bond donors (Lipinski definition) is 1. The fourth-order valence-corrected chi connectivity index (χ4v) is 5.47. The third-order valence-corrected chi connectivity index (χ3v) is 7.65. The maximum Gasteiger partial charge on any atom is 0.216 e. The van der Waals surface area contributed by atoms with E-state index in [9.17, 15) is 8.42 Å². The van der Waals surface area contributed by atoms with Crippen LogP contribution in [0.1, 0.15) is 25.7 Å². The number of benzene rings is 1. The minimum atomic E-state index is -3.03. The lowest BCUT2D eigenvalue weighted by Crippen LogP contribution is -2.43. The molecule has 1 aromatic carbocycles. The molecular formula is C17H20BrN3O2S. The second-order valence-electron chi connectivity index (χ2n) is 6.60. The van der Waals surface area contributed by atoms with Gasteiger partial charge >= 0.3 is 0 Å². The largest absolute Gasteiger partial charge is 0.367 e. The van der Waals surface area contributed by atoms with Crippen molar-refractivity contribution in [3.63, 3.8) is 0 Å². The van der Waals surface area contributed by atoms with Crippen LogP contribution in [0.25, 0.3) is 10.9 Å². The SMILES string of the molecule is O=S(=O)(C1CC1)N1CCC(Nc2ccc3cc(Br)ccc3n2)CC1. The molecule has 0 radical (unpaired) electrons. The summed E-state index contributed by atoms with van der Waals surface area (Å²) in [4.78, 5) is 4.65. The van der Waals surface area contributed by atoms with Gasteiger partial charge in [-0.15, -0.1) is 0 Å². The normalized spacial score (nSPS) is 20.4. The summed E-state index contributed by atoms with van der Waals surface area (Å²) in [6.07, 6.45) is 3.31. The molecule has 4 rings (SSSR count). The standard InChI is InChI=1S/C17H20BrN3O2S/c18-13-2-5-16-12(11-13)1-6-17(20-16)19-14-7-9-21(10-8-14)24(22,23)15-3-4-15/h1-2,5-6,11,14-15H,3-4,7-10H2,(H,19,20). The number of sulfonamides is 1. The van der Waals surface area contributed by atoms with E-state index in [1.54, 1.807) is 4.31 Å². The Morgan fingerprint density at radius 3 is 2.54 bits per heavy atom. The molecule has 1 N–H and O–H groups in total. The van der Waals surface area contributed by atoms with Gasteiger partial charge in [0, 0.05) is 29.0 Å². The summed E-state index contributed by atoms with van der Waals surface area (Å²) in [5.41, 5.74) is 0.956. The van der Waals surface area contributed by atoms with Crippen LogP contribution in [-0.4, -0.2) is 42.1 Å². The van der Waals surface area contributed by atoms with Gasteiger partial charge in [-0.1, -0.05) is 15.9 Å². The Kier molecular flexibility index (Phi) is 4.26. The second kappa shape index (κ2) is 6.28. The Labute approximate surface area is 150 Å². The van der Waals surface area contributed by atoms with Gasteiger partial charge in [0.05, 0.1) is 10.8 Å². The fraction of sp³-hybridized carbons (Fsp3) is 0.471. The molecular weight excluding hydrogens is 390 g/mol. The Morgan fingerprint density at radius 1 is 1.08 bits per heavy atom. The first-order valence-electron chi connectivity index (χ1n) is 8.34. The van der Waals surface area contributed by atoms with E-state index in [4.69, 9.17) is 0 Å². The van der Waals surface area contributed by atoms with E-state index in [-0.39, 0.29) is 11.3 Å². The third kappa shape index (κ3) is 3.30. The summed E-state index contributed by atoms with van der Waals surface area (Å²) in [6.45, 7) is 1.22. The lowest BCUT2D eigenvalue weighted by Gasteiger charge is -2.32. The van der Waals surface area contributed by atoms with Crippen LogP contribution in [0.3, 0.4) is 0 Å². The van der Waals surface area contributed by atoms with Crippen molar-refractivity contribution in [2.24, 2.45) is 0 Å². The molecule has 0 bridgehead atoms. The molecule has 0 unspecified atom stereocenters. The number of hydrogen-bond acceptors (Lipinski definition) is 4. The Morgan fingerprint density at radius 2 is 1.83 bits per heavy atom. The lowest BCUT2D eigenvalue weighted by molar-refractivity contribution is 0.329. The van der Waals surface area contributed by atoms with Crippen molar-refractivity contribution in [2.45, 2.75) is 37.0 Å². The van der Waals surface area contributed by atoms with Gasteiger partial charge in [-0.2, -0.15) is 0 Å². The van der Waals surface area contributed by atoms with Crippen LogP contribution in [0.15, 0.2) is 34.8 Å². The van der Waals surface area contributed by atoms with Crippen LogP contribution < -0.4 is 5.32 Å². The van der Waals surface area contributed by atoms with Crippen molar-refractivity contribution in [2.75, 3.05) is 18.4 Å². The minimum Gasteiger partial charge on any atom is -0.367 e. The van der Waals surface area contributed by atoms with Gasteiger partial charge < -0.3 is 5.32 Å². The average molecular weight is 410 g/mol. The van der Waals surface area contributed by atoms with E-state index in [1.165, 1.54) is 0 Å². The zero-order valence-corrected chi connectivity index (χ0v) is 15.7. The number of rotatable bonds is 4. The summed E-state index contributed by atoms with van der Waals surface area (Å²) in [6, 6.07) is 10.4. The quantitative estimate of drug-likeness (QED) is 0.840. The van der Waals surface area contributed by atoms with Crippen LogP contribution in [0.2, 0.25) is 0 Å². The molecule has 0 atom stereocenters. The van der Waals surface area contributed by atoms with Gasteiger partial charge in [0.15, 0.2) is 0 Å². The molecule has 1 saturated carbocycles. The number of aromatic nitrogens is 1. The number of fused-ring (bicyclic) bond motifs is 1. The first-order valence-corrected chi connectivity index (χ1v) is 10.6. The van der Waals surface area contributed by atoms with E-state index in [1.807, 2.05) is 24.3 Å².